The van der Waals surface area contributed by atoms with Crippen molar-refractivity contribution in [3.63, 3.8) is 0 Å². The highest BCUT2D eigenvalue weighted by Gasteiger charge is 2.06. The highest BCUT2D eigenvalue weighted by molar-refractivity contribution is 6.32. The quantitative estimate of drug-likeness (QED) is 0.707. The van der Waals surface area contributed by atoms with Crippen LogP contribution in [0.5, 0.6) is 0 Å². The molecular weight excluding hydrogens is 336 g/mol. The molecule has 25 heavy (non-hydrogen) atoms. The van der Waals surface area contributed by atoms with Gasteiger partial charge in [-0.2, -0.15) is 5.26 Å². The van der Waals surface area contributed by atoms with E-state index in [0.29, 0.717) is 16.5 Å². The first kappa shape index (κ1) is 18.5. The number of halogens is 1. The number of hydrogen-bond donors (Lipinski definition) is 1. The van der Waals surface area contributed by atoms with Gasteiger partial charge in [0, 0.05) is 17.8 Å². The molecule has 0 unspecified atom stereocenters. The fraction of sp³-hybridized carbons (Fsp3) is 0.211. The van der Waals surface area contributed by atoms with E-state index < -0.39 is 0 Å². The first-order chi connectivity index (χ1) is 12.2. The zero-order chi connectivity index (χ0) is 18.1. The summed E-state index contributed by atoms with van der Waals surface area (Å²) in [7, 11) is 0. The van der Waals surface area contributed by atoms with Gasteiger partial charge < -0.3 is 9.73 Å². The summed E-state index contributed by atoms with van der Waals surface area (Å²) in [6, 6.07) is 15.4. The Hall–Kier alpha value is -2.84. The molecule has 3 aromatic rings. The Bertz CT molecular complexity index is 827. The lowest BCUT2D eigenvalue weighted by molar-refractivity contribution is 0.568. The molecule has 0 amide bonds. The minimum absolute atomic E-state index is 0.534. The Morgan fingerprint density at radius 1 is 1.20 bits per heavy atom. The van der Waals surface area contributed by atoms with Crippen LogP contribution < -0.4 is 5.32 Å². The Morgan fingerprint density at radius 3 is 2.56 bits per heavy atom. The van der Waals surface area contributed by atoms with Crippen molar-refractivity contribution in [3.05, 3.63) is 65.0 Å². The van der Waals surface area contributed by atoms with E-state index in [9.17, 15) is 0 Å². The van der Waals surface area contributed by atoms with Gasteiger partial charge in [0.2, 0.25) is 12.3 Å². The smallest absolute Gasteiger partial charge is 0.247 e. The van der Waals surface area contributed by atoms with Gasteiger partial charge in [0.15, 0.2) is 0 Å². The predicted octanol–water partition coefficient (Wildman–Crippen LogP) is 5.08. The van der Waals surface area contributed by atoms with E-state index in [1.165, 1.54) is 6.39 Å². The van der Waals surface area contributed by atoms with Gasteiger partial charge in [-0.15, -0.1) is 10.2 Å². The van der Waals surface area contributed by atoms with E-state index in [0.717, 1.165) is 29.8 Å². The van der Waals surface area contributed by atoms with Crippen molar-refractivity contribution >= 4 is 17.3 Å². The number of anilines is 1. The predicted molar refractivity (Wildman–Crippen MR) is 99.4 cm³/mol. The van der Waals surface area contributed by atoms with Crippen LogP contribution in [0.3, 0.4) is 0 Å². The van der Waals surface area contributed by atoms with Crippen molar-refractivity contribution in [2.45, 2.75) is 20.3 Å². The number of nitrogens with zero attached hydrogens (tertiary/aromatic N) is 3. The van der Waals surface area contributed by atoms with Crippen LogP contribution in [0.25, 0.3) is 11.5 Å². The Morgan fingerprint density at radius 2 is 1.96 bits per heavy atom. The lowest BCUT2D eigenvalue weighted by Crippen LogP contribution is -2.02. The second-order valence-electron chi connectivity index (χ2n) is 5.25. The maximum absolute atomic E-state index is 8.75. The monoisotopic (exact) mass is 354 g/mol. The number of hydrogen-bond acceptors (Lipinski definition) is 5. The summed E-state index contributed by atoms with van der Waals surface area (Å²) in [4.78, 5) is 0. The number of aromatic nitrogens is 2. The number of rotatable bonds is 4. The van der Waals surface area contributed by atoms with Gasteiger partial charge in [0.1, 0.15) is 6.07 Å². The molecule has 0 atom stereocenters. The van der Waals surface area contributed by atoms with Crippen LogP contribution in [-0.4, -0.2) is 16.7 Å². The maximum atomic E-state index is 8.75. The fourth-order valence-corrected chi connectivity index (χ4v) is 2.31. The van der Waals surface area contributed by atoms with Crippen LogP contribution in [0.15, 0.2) is 53.3 Å². The summed E-state index contributed by atoms with van der Waals surface area (Å²) in [5.74, 6) is 0.561. The van der Waals surface area contributed by atoms with Crippen LogP contribution in [0, 0.1) is 18.3 Å². The van der Waals surface area contributed by atoms with Crippen LogP contribution in [0.4, 0.5) is 5.69 Å². The summed E-state index contributed by atoms with van der Waals surface area (Å²) >= 11 is 6.01. The SMILES string of the molecule is CCCNc1ccc(C#N)c(Cl)c1C.c1ccc(-c2nnco2)cc1. The first-order valence-corrected chi connectivity index (χ1v) is 8.29. The molecule has 1 aromatic heterocycles. The van der Waals surface area contributed by atoms with E-state index in [2.05, 4.69) is 28.5 Å². The van der Waals surface area contributed by atoms with Crippen LogP contribution in [0.2, 0.25) is 5.02 Å². The van der Waals surface area contributed by atoms with Crippen molar-refractivity contribution in [1.29, 1.82) is 5.26 Å². The summed E-state index contributed by atoms with van der Waals surface area (Å²) in [5.41, 5.74) is 3.44. The average molecular weight is 355 g/mol. The minimum atomic E-state index is 0.534. The molecule has 3 rings (SSSR count). The summed E-state index contributed by atoms with van der Waals surface area (Å²) in [6.07, 6.45) is 2.39. The fourth-order valence-electron chi connectivity index (χ4n) is 2.10. The molecule has 0 radical (unpaired) electrons. The highest BCUT2D eigenvalue weighted by atomic mass is 35.5. The van der Waals surface area contributed by atoms with Gasteiger partial charge >= 0.3 is 0 Å². The summed E-state index contributed by atoms with van der Waals surface area (Å²) < 4.78 is 5.00. The third-order valence-corrected chi connectivity index (χ3v) is 3.94. The van der Waals surface area contributed by atoms with Crippen molar-refractivity contribution in [1.82, 2.24) is 10.2 Å². The van der Waals surface area contributed by atoms with Gasteiger partial charge in [-0.1, -0.05) is 36.7 Å². The van der Waals surface area contributed by atoms with Gasteiger partial charge in [-0.25, -0.2) is 0 Å². The molecule has 0 bridgehead atoms. The molecule has 0 saturated carbocycles. The molecule has 0 saturated heterocycles. The Balaban J connectivity index is 0.000000185. The molecule has 0 spiro atoms. The molecule has 1 heterocycles. The molecule has 2 aromatic carbocycles. The van der Waals surface area contributed by atoms with E-state index in [1.807, 2.05) is 43.3 Å². The molecule has 1 N–H and O–H groups in total. The zero-order valence-electron chi connectivity index (χ0n) is 14.2. The molecule has 5 nitrogen and oxygen atoms in total. The lowest BCUT2D eigenvalue weighted by atomic mass is 10.1. The van der Waals surface area contributed by atoms with Gasteiger partial charge in [0.25, 0.3) is 0 Å². The number of benzene rings is 2. The van der Waals surface area contributed by atoms with E-state index in [4.69, 9.17) is 21.3 Å². The Kier molecular flexibility index (Phi) is 7.00. The second-order valence-corrected chi connectivity index (χ2v) is 5.63. The van der Waals surface area contributed by atoms with E-state index in [-0.39, 0.29) is 0 Å². The topological polar surface area (TPSA) is 74.7 Å². The maximum Gasteiger partial charge on any atom is 0.247 e. The van der Waals surface area contributed by atoms with Crippen LogP contribution >= 0.6 is 11.6 Å². The molecule has 0 fully saturated rings. The van der Waals surface area contributed by atoms with Crippen LogP contribution in [-0.2, 0) is 0 Å². The molecule has 128 valence electrons. The lowest BCUT2D eigenvalue weighted by Gasteiger charge is -2.10. The van der Waals surface area contributed by atoms with Crippen LogP contribution in [0.1, 0.15) is 24.5 Å². The molecule has 0 aliphatic heterocycles. The number of nitriles is 1. The van der Waals surface area contributed by atoms with E-state index in [1.54, 1.807) is 6.07 Å². The molecular formula is C19H19ClN4O. The van der Waals surface area contributed by atoms with Crippen molar-refractivity contribution in [2.24, 2.45) is 0 Å². The van der Waals surface area contributed by atoms with Crippen molar-refractivity contribution in [3.8, 4) is 17.5 Å². The molecule has 0 aliphatic carbocycles. The average Bonchev–Trinajstić information content (AvgIpc) is 3.19. The van der Waals surface area contributed by atoms with Crippen molar-refractivity contribution in [2.75, 3.05) is 11.9 Å². The minimum Gasteiger partial charge on any atom is -0.423 e. The normalized spacial score (nSPS) is 9.68. The van der Waals surface area contributed by atoms with Crippen molar-refractivity contribution < 1.29 is 4.42 Å². The second kappa shape index (κ2) is 9.45. The zero-order valence-corrected chi connectivity index (χ0v) is 14.9. The van der Waals surface area contributed by atoms with Gasteiger partial charge in [-0.05, 0) is 43.2 Å². The largest absolute Gasteiger partial charge is 0.423 e. The third-order valence-electron chi connectivity index (χ3n) is 3.45. The first-order valence-electron chi connectivity index (χ1n) is 7.92. The van der Waals surface area contributed by atoms with E-state index >= 15 is 0 Å². The Labute approximate surface area is 152 Å². The summed E-state index contributed by atoms with van der Waals surface area (Å²) in [5, 5.41) is 19.9. The molecule has 0 aliphatic rings. The third kappa shape index (κ3) is 5.07. The van der Waals surface area contributed by atoms with Gasteiger partial charge in [0.05, 0.1) is 10.6 Å². The molecule has 6 heteroatoms. The highest BCUT2D eigenvalue weighted by Crippen LogP contribution is 2.26. The van der Waals surface area contributed by atoms with Gasteiger partial charge in [-0.3, -0.25) is 0 Å². The summed E-state index contributed by atoms with van der Waals surface area (Å²) in [6.45, 7) is 4.94. The standard InChI is InChI=1S/C11H13ClN2.C8H6N2O/c1-3-6-14-10-5-4-9(7-13)11(12)8(10)2;1-2-4-7(5-3-1)8-10-9-6-11-8/h4-5,14H,3,6H2,1-2H3;1-6H. The number of nitrogens with one attached hydrogen (secondary N) is 1.